The number of carbonyl (C=O) groups is 2. The zero-order valence-electron chi connectivity index (χ0n) is 21.9. The third-order valence-electron chi connectivity index (χ3n) is 6.28. The van der Waals surface area contributed by atoms with Crippen LogP contribution in [0.4, 0.5) is 5.82 Å². The Morgan fingerprint density at radius 3 is 2.44 bits per heavy atom. The number of anilines is 1. The summed E-state index contributed by atoms with van der Waals surface area (Å²) < 4.78 is 6.95. The first-order valence-corrected chi connectivity index (χ1v) is 12.8. The number of nitrogens with zero attached hydrogens (tertiary/aromatic N) is 3. The molecule has 36 heavy (non-hydrogen) atoms. The highest BCUT2D eigenvalue weighted by Gasteiger charge is 2.25. The number of aryl methyl sites for hydroxylation is 1. The number of benzene rings is 2. The molecule has 3 rings (SSSR count). The number of aromatic nitrogens is 2. The highest BCUT2D eigenvalue weighted by atomic mass is 16.5. The lowest BCUT2D eigenvalue weighted by Crippen LogP contribution is -2.43. The Labute approximate surface area is 214 Å². The van der Waals surface area contributed by atoms with E-state index >= 15 is 0 Å². The molecule has 0 bridgehead atoms. The molecular formula is C29H38N4O3. The number of ether oxygens (including phenoxy) is 1. The molecular weight excluding hydrogens is 452 g/mol. The van der Waals surface area contributed by atoms with Crippen LogP contribution in [0, 0.1) is 12.8 Å². The van der Waals surface area contributed by atoms with E-state index in [1.165, 1.54) is 0 Å². The summed E-state index contributed by atoms with van der Waals surface area (Å²) in [6, 6.07) is 19.7. The number of hydrogen-bond donors (Lipinski definition) is 1. The third-order valence-corrected chi connectivity index (χ3v) is 6.28. The van der Waals surface area contributed by atoms with Crippen LogP contribution in [0.15, 0.2) is 60.7 Å². The fraction of sp³-hybridized carbons (Fsp3) is 0.414. The average Bonchev–Trinajstić information content (AvgIpc) is 3.31. The van der Waals surface area contributed by atoms with Crippen LogP contribution in [-0.4, -0.2) is 53.3 Å². The molecule has 192 valence electrons. The van der Waals surface area contributed by atoms with Crippen molar-refractivity contribution in [2.75, 3.05) is 32.1 Å². The van der Waals surface area contributed by atoms with Gasteiger partial charge in [-0.15, -0.1) is 0 Å². The summed E-state index contributed by atoms with van der Waals surface area (Å²) in [7, 11) is 1.60. The molecule has 1 atom stereocenters. The number of hydrogen-bond acceptors (Lipinski definition) is 4. The summed E-state index contributed by atoms with van der Waals surface area (Å²) in [4.78, 5) is 28.1. The molecule has 0 aliphatic rings. The maximum atomic E-state index is 13.3. The Balaban J connectivity index is 1.84. The van der Waals surface area contributed by atoms with Gasteiger partial charge in [-0.2, -0.15) is 5.10 Å². The average molecular weight is 491 g/mol. The van der Waals surface area contributed by atoms with E-state index in [4.69, 9.17) is 9.84 Å². The molecule has 1 N–H and O–H groups in total. The second-order valence-corrected chi connectivity index (χ2v) is 9.08. The molecule has 7 nitrogen and oxygen atoms in total. The van der Waals surface area contributed by atoms with Crippen LogP contribution in [0.2, 0.25) is 0 Å². The molecule has 2 aromatic carbocycles. The van der Waals surface area contributed by atoms with E-state index < -0.39 is 0 Å². The maximum Gasteiger partial charge on any atom is 0.245 e. The zero-order chi connectivity index (χ0) is 25.9. The molecule has 0 saturated heterocycles. The van der Waals surface area contributed by atoms with Crippen molar-refractivity contribution in [3.63, 3.8) is 0 Å². The SMILES string of the molecule is CCCCC(CC)C(=O)N(CCOC)CC(=O)Nc1cc(-c2ccccc2)nn1-c1ccc(C)cc1. The smallest absolute Gasteiger partial charge is 0.245 e. The van der Waals surface area contributed by atoms with Gasteiger partial charge in [-0.3, -0.25) is 9.59 Å². The topological polar surface area (TPSA) is 76.5 Å². The van der Waals surface area contributed by atoms with Crippen LogP contribution >= 0.6 is 0 Å². The normalized spacial score (nSPS) is 11.8. The fourth-order valence-corrected chi connectivity index (χ4v) is 4.14. The summed E-state index contributed by atoms with van der Waals surface area (Å²) >= 11 is 0. The van der Waals surface area contributed by atoms with E-state index in [0.29, 0.717) is 19.0 Å². The van der Waals surface area contributed by atoms with E-state index in [-0.39, 0.29) is 24.3 Å². The predicted octanol–water partition coefficient (Wildman–Crippen LogP) is 5.48. The lowest BCUT2D eigenvalue weighted by Gasteiger charge is -2.26. The minimum atomic E-state index is -0.266. The van der Waals surface area contributed by atoms with Gasteiger partial charge in [0.25, 0.3) is 0 Å². The van der Waals surface area contributed by atoms with Crippen LogP contribution in [-0.2, 0) is 14.3 Å². The molecule has 2 amide bonds. The van der Waals surface area contributed by atoms with Crippen molar-refractivity contribution in [3.05, 3.63) is 66.2 Å². The third kappa shape index (κ3) is 7.28. The van der Waals surface area contributed by atoms with Gasteiger partial charge in [0.15, 0.2) is 0 Å². The largest absolute Gasteiger partial charge is 0.383 e. The maximum absolute atomic E-state index is 13.3. The van der Waals surface area contributed by atoms with Crippen molar-refractivity contribution < 1.29 is 14.3 Å². The molecule has 0 aliphatic carbocycles. The molecule has 0 radical (unpaired) electrons. The summed E-state index contributed by atoms with van der Waals surface area (Å²) in [6.45, 7) is 6.89. The summed E-state index contributed by atoms with van der Waals surface area (Å²) in [5.41, 5.74) is 3.69. The quantitative estimate of drug-likeness (QED) is 0.344. The second kappa shape index (κ2) is 13.6. The Bertz CT molecular complexity index is 1110. The van der Waals surface area contributed by atoms with Crippen LogP contribution in [0.5, 0.6) is 0 Å². The van der Waals surface area contributed by atoms with Gasteiger partial charge in [0.1, 0.15) is 5.82 Å². The predicted molar refractivity (Wildman–Crippen MR) is 144 cm³/mol. The molecule has 1 heterocycles. The number of carbonyl (C=O) groups excluding carboxylic acids is 2. The molecule has 0 fully saturated rings. The number of methoxy groups -OCH3 is 1. The monoisotopic (exact) mass is 490 g/mol. The molecule has 0 spiro atoms. The standard InChI is InChI=1S/C29H38N4O3/c1-5-7-11-23(6-2)29(35)32(18-19-36-4)21-28(34)30-27-20-26(24-12-9-8-10-13-24)31-33(27)25-16-14-22(3)15-17-25/h8-10,12-17,20,23H,5-7,11,18-19,21H2,1-4H3,(H,30,34). The van der Waals surface area contributed by atoms with Gasteiger partial charge < -0.3 is 15.0 Å². The van der Waals surface area contributed by atoms with Crippen molar-refractivity contribution in [1.29, 1.82) is 0 Å². The highest BCUT2D eigenvalue weighted by Crippen LogP contribution is 2.25. The second-order valence-electron chi connectivity index (χ2n) is 9.08. The first-order valence-electron chi connectivity index (χ1n) is 12.8. The number of rotatable bonds is 13. The van der Waals surface area contributed by atoms with Gasteiger partial charge in [0.2, 0.25) is 11.8 Å². The van der Waals surface area contributed by atoms with E-state index in [9.17, 15) is 9.59 Å². The molecule has 1 aromatic heterocycles. The fourth-order valence-electron chi connectivity index (χ4n) is 4.14. The lowest BCUT2D eigenvalue weighted by atomic mass is 9.97. The number of unbranched alkanes of at least 4 members (excludes halogenated alkanes) is 1. The highest BCUT2D eigenvalue weighted by molar-refractivity contribution is 5.95. The lowest BCUT2D eigenvalue weighted by molar-refractivity contribution is -0.139. The Kier molecular flexibility index (Phi) is 10.2. The van der Waals surface area contributed by atoms with Gasteiger partial charge >= 0.3 is 0 Å². The Hall–Kier alpha value is -3.45. The molecule has 1 unspecified atom stereocenters. The summed E-state index contributed by atoms with van der Waals surface area (Å²) in [6.07, 6.45) is 3.61. The minimum Gasteiger partial charge on any atom is -0.383 e. The Morgan fingerprint density at radius 1 is 1.08 bits per heavy atom. The molecule has 0 saturated carbocycles. The number of amides is 2. The first kappa shape index (κ1) is 27.1. The van der Waals surface area contributed by atoms with Crippen molar-refractivity contribution >= 4 is 17.6 Å². The summed E-state index contributed by atoms with van der Waals surface area (Å²) in [5, 5.41) is 7.78. The zero-order valence-corrected chi connectivity index (χ0v) is 21.9. The van der Waals surface area contributed by atoms with Gasteiger partial charge in [-0.25, -0.2) is 4.68 Å². The summed E-state index contributed by atoms with van der Waals surface area (Å²) in [5.74, 6) is 0.213. The van der Waals surface area contributed by atoms with Crippen molar-refractivity contribution in [1.82, 2.24) is 14.7 Å². The van der Waals surface area contributed by atoms with E-state index in [1.54, 1.807) is 16.7 Å². The van der Waals surface area contributed by atoms with Gasteiger partial charge in [-0.1, -0.05) is 74.7 Å². The van der Waals surface area contributed by atoms with Crippen molar-refractivity contribution in [2.45, 2.75) is 46.5 Å². The molecule has 3 aromatic rings. The van der Waals surface area contributed by atoms with Crippen LogP contribution < -0.4 is 5.32 Å². The van der Waals surface area contributed by atoms with E-state index in [1.807, 2.05) is 74.5 Å². The van der Waals surface area contributed by atoms with Crippen LogP contribution in [0.25, 0.3) is 16.9 Å². The van der Waals surface area contributed by atoms with Crippen molar-refractivity contribution in [2.24, 2.45) is 5.92 Å². The van der Waals surface area contributed by atoms with E-state index in [0.717, 1.165) is 48.2 Å². The van der Waals surface area contributed by atoms with Gasteiger partial charge in [-0.05, 0) is 31.9 Å². The molecule has 7 heteroatoms. The minimum absolute atomic E-state index is 0.00941. The van der Waals surface area contributed by atoms with Crippen LogP contribution in [0.1, 0.15) is 45.1 Å². The number of nitrogens with one attached hydrogen (secondary N) is 1. The first-order chi connectivity index (χ1) is 17.5. The van der Waals surface area contributed by atoms with Crippen molar-refractivity contribution in [3.8, 4) is 16.9 Å². The molecule has 0 aliphatic heterocycles. The van der Waals surface area contributed by atoms with Gasteiger partial charge in [0.05, 0.1) is 24.5 Å². The van der Waals surface area contributed by atoms with Crippen LogP contribution in [0.3, 0.4) is 0 Å². The van der Waals surface area contributed by atoms with Gasteiger partial charge in [0, 0.05) is 31.2 Å². The Morgan fingerprint density at radius 2 is 1.81 bits per heavy atom. The van der Waals surface area contributed by atoms with E-state index in [2.05, 4.69) is 12.2 Å².